The minimum atomic E-state index is -0.0805. The summed E-state index contributed by atoms with van der Waals surface area (Å²) in [6.45, 7) is 7.87. The lowest BCUT2D eigenvalue weighted by molar-refractivity contribution is -0.119. The van der Waals surface area contributed by atoms with Crippen LogP contribution >= 0.6 is 0 Å². The topological polar surface area (TPSA) is 202 Å². The molecule has 9 heterocycles. The molecule has 0 aliphatic carbocycles. The highest BCUT2D eigenvalue weighted by Gasteiger charge is 2.27. The molecule has 0 fully saturated rings. The van der Waals surface area contributed by atoms with E-state index in [1.807, 2.05) is 126 Å². The van der Waals surface area contributed by atoms with E-state index >= 15 is 0 Å². The van der Waals surface area contributed by atoms with Gasteiger partial charge in [0.2, 0.25) is 17.7 Å². The third-order valence-electron chi connectivity index (χ3n) is 15.8. The molecule has 0 radical (unpaired) electrons. The fourth-order valence-electron chi connectivity index (χ4n) is 10.9. The Balaban J connectivity index is 0.000000144. The van der Waals surface area contributed by atoms with Crippen LogP contribution in [0.2, 0.25) is 0 Å². The van der Waals surface area contributed by atoms with Gasteiger partial charge in [-0.15, -0.1) is 0 Å². The maximum atomic E-state index is 12.4. The van der Waals surface area contributed by atoms with Crippen LogP contribution in [0.1, 0.15) is 124 Å². The summed E-state index contributed by atoms with van der Waals surface area (Å²) in [5, 5.41) is 0. The van der Waals surface area contributed by atoms with E-state index in [1.165, 1.54) is 11.1 Å². The zero-order valence-corrected chi connectivity index (χ0v) is 49.3. The van der Waals surface area contributed by atoms with Gasteiger partial charge in [0.1, 0.15) is 5.69 Å². The first kappa shape index (κ1) is 60.0. The number of hydrogen-bond donors (Lipinski definition) is 0. The lowest BCUT2D eigenvalue weighted by atomic mass is 10.0. The van der Waals surface area contributed by atoms with Gasteiger partial charge in [-0.1, -0.05) is 63.2 Å². The Kier molecular flexibility index (Phi) is 19.8. The molecular formula is C71H68N10O6. The number of anilines is 3. The van der Waals surface area contributed by atoms with Crippen molar-refractivity contribution in [2.45, 2.75) is 97.8 Å². The Bertz CT molecular complexity index is 3500. The highest BCUT2D eigenvalue weighted by atomic mass is 16.2. The van der Waals surface area contributed by atoms with E-state index in [9.17, 15) is 28.8 Å². The van der Waals surface area contributed by atoms with E-state index in [1.54, 1.807) is 68.0 Å². The van der Waals surface area contributed by atoms with E-state index in [0.29, 0.717) is 69.0 Å². The minimum Gasteiger partial charge on any atom is -0.312 e. The van der Waals surface area contributed by atoms with Crippen LogP contribution in [0.15, 0.2) is 177 Å². The Hall–Kier alpha value is -10.1. The summed E-state index contributed by atoms with van der Waals surface area (Å²) in [7, 11) is 0. The third kappa shape index (κ3) is 14.9. The van der Waals surface area contributed by atoms with Crippen LogP contribution < -0.4 is 14.7 Å². The number of carbonyl (C=O) groups excluding carboxylic acids is 6. The predicted octanol–water partition coefficient (Wildman–Crippen LogP) is 12.2. The first-order valence-corrected chi connectivity index (χ1v) is 29.8. The molecular weight excluding hydrogens is 1090 g/mol. The van der Waals surface area contributed by atoms with Gasteiger partial charge in [-0.05, 0) is 156 Å². The number of rotatable bonds is 18. The lowest BCUT2D eigenvalue weighted by Crippen LogP contribution is -2.27. The number of pyridine rings is 5. The summed E-state index contributed by atoms with van der Waals surface area (Å²) in [5.41, 5.74) is 16.4. The second-order valence-corrected chi connectivity index (χ2v) is 21.5. The first-order chi connectivity index (χ1) is 42.5. The number of amides is 3. The van der Waals surface area contributed by atoms with Crippen LogP contribution in [0.3, 0.4) is 0 Å². The minimum absolute atomic E-state index is 0.0306. The van der Waals surface area contributed by atoms with Crippen molar-refractivity contribution in [3.8, 4) is 33.5 Å². The molecule has 0 bridgehead atoms. The second-order valence-electron chi connectivity index (χ2n) is 21.5. The van der Waals surface area contributed by atoms with E-state index < -0.39 is 0 Å². The van der Waals surface area contributed by atoms with Crippen LogP contribution in [0.4, 0.5) is 17.1 Å². The Labute approximate surface area is 506 Å². The number of benzene rings is 3. The number of aromatic nitrogens is 7. The van der Waals surface area contributed by atoms with Crippen LogP contribution in [0.5, 0.6) is 0 Å². The van der Waals surface area contributed by atoms with Crippen LogP contribution in [0, 0.1) is 0 Å². The molecule has 87 heavy (non-hydrogen) atoms. The molecule has 0 N–H and O–H groups in total. The van der Waals surface area contributed by atoms with Crippen LogP contribution in [-0.4, -0.2) is 89.6 Å². The van der Waals surface area contributed by atoms with Crippen molar-refractivity contribution in [2.24, 2.45) is 0 Å². The van der Waals surface area contributed by atoms with E-state index in [-0.39, 0.29) is 40.9 Å². The Morgan fingerprint density at radius 1 is 0.391 bits per heavy atom. The zero-order valence-electron chi connectivity index (χ0n) is 49.3. The van der Waals surface area contributed by atoms with Gasteiger partial charge in [0.15, 0.2) is 23.2 Å². The van der Waals surface area contributed by atoms with Crippen molar-refractivity contribution in [1.82, 2.24) is 34.9 Å². The third-order valence-corrected chi connectivity index (χ3v) is 15.8. The van der Waals surface area contributed by atoms with Crippen molar-refractivity contribution in [3.05, 3.63) is 228 Å². The van der Waals surface area contributed by atoms with Crippen LogP contribution in [-0.2, 0) is 52.9 Å². The highest BCUT2D eigenvalue weighted by Crippen LogP contribution is 2.35. The average molecular weight is 1160 g/mol. The normalized spacial score (nSPS) is 12.7. The number of aryl methyl sites for hydroxylation is 3. The lowest BCUT2D eigenvalue weighted by Gasteiger charge is -2.16. The maximum Gasteiger partial charge on any atom is 0.226 e. The largest absolute Gasteiger partial charge is 0.312 e. The Morgan fingerprint density at radius 2 is 0.816 bits per heavy atom. The molecule has 0 atom stereocenters. The second kappa shape index (κ2) is 28.7. The number of nitrogens with zero attached hydrogens (tertiary/aromatic N) is 10. The molecule has 16 heteroatoms. The van der Waals surface area contributed by atoms with Gasteiger partial charge in [0.25, 0.3) is 0 Å². The molecule has 3 aromatic carbocycles. The molecule has 6 aromatic heterocycles. The Morgan fingerprint density at radius 3 is 1.24 bits per heavy atom. The molecule has 0 saturated heterocycles. The number of fused-ring (bicyclic) bond motifs is 3. The van der Waals surface area contributed by atoms with Gasteiger partial charge < -0.3 is 14.7 Å². The molecule has 438 valence electrons. The SMILES string of the molecule is CCC(=O)N1CCc2cc(-c3ccc(C(=O)CCc4cccnc4)cn3)ccc21.CCC(=O)N1CCc2cc(-c3ccc(C(=O)CCc4cccnc4)nc3)ccc21.CCC(=O)N1CCc2cc(-c3cnc(C(=O)CCc4cccnc4)nc3)ccc21. The van der Waals surface area contributed by atoms with E-state index in [4.69, 9.17) is 0 Å². The molecule has 3 aliphatic rings. The molecule has 3 amide bonds. The summed E-state index contributed by atoms with van der Waals surface area (Å²) in [6, 6.07) is 37.3. The summed E-state index contributed by atoms with van der Waals surface area (Å²) >= 11 is 0. The standard InChI is InChI=1S/2C24H23N3O2.C23H22N4O2/c1-2-24(29)27-13-11-19-14-18(7-9-22(19)27)21-8-6-20(16-26-21)23(28)10-5-17-4-3-12-25-15-17;1-2-24(29)27-13-11-19-14-18(7-9-22(19)27)20-6-8-21(26-16-20)23(28)10-5-17-4-3-12-25-15-17;1-2-22(29)27-11-9-18-12-17(6-7-20(18)27)19-14-25-23(26-15-19)21(28)8-5-16-4-3-10-24-13-16/h2*3-4,6-9,12,14-16H,2,5,10-11,13H2,1H3;3-4,6-7,10,12-15H,2,5,8-9,11H2,1H3. The summed E-state index contributed by atoms with van der Waals surface area (Å²) in [5.74, 6) is 0.727. The van der Waals surface area contributed by atoms with Crippen LogP contribution in [0.25, 0.3) is 33.5 Å². The average Bonchev–Trinajstić information content (AvgIpc) is 3.59. The number of ketones is 3. The molecule has 0 unspecified atom stereocenters. The van der Waals surface area contributed by atoms with E-state index in [2.05, 4.69) is 53.1 Å². The van der Waals surface area contributed by atoms with Gasteiger partial charge in [0, 0.05) is 159 Å². The highest BCUT2D eigenvalue weighted by molar-refractivity contribution is 5.99. The molecule has 0 spiro atoms. The zero-order chi connectivity index (χ0) is 60.7. The predicted molar refractivity (Wildman–Crippen MR) is 337 cm³/mol. The van der Waals surface area contributed by atoms with Crippen molar-refractivity contribution in [1.29, 1.82) is 0 Å². The molecule has 9 aromatic rings. The van der Waals surface area contributed by atoms with Crippen molar-refractivity contribution < 1.29 is 28.8 Å². The fraction of sp³-hybridized carbons (Fsp3) is 0.254. The summed E-state index contributed by atoms with van der Waals surface area (Å²) < 4.78 is 0. The quantitative estimate of drug-likeness (QED) is 0.0735. The smallest absolute Gasteiger partial charge is 0.226 e. The number of carbonyl (C=O) groups is 6. The summed E-state index contributed by atoms with van der Waals surface area (Å²) in [4.78, 5) is 109. The van der Waals surface area contributed by atoms with Gasteiger partial charge in [-0.25, -0.2) is 9.97 Å². The fourth-order valence-corrected chi connectivity index (χ4v) is 10.9. The molecule has 3 aliphatic heterocycles. The first-order valence-electron chi connectivity index (χ1n) is 29.8. The summed E-state index contributed by atoms with van der Waals surface area (Å²) in [6.07, 6.45) is 24.6. The molecule has 16 nitrogen and oxygen atoms in total. The monoisotopic (exact) mass is 1160 g/mol. The number of Topliss-reactive ketones (excluding diaryl/α,β-unsaturated/α-hetero) is 3. The van der Waals surface area contributed by atoms with Gasteiger partial charge >= 0.3 is 0 Å². The van der Waals surface area contributed by atoms with Gasteiger partial charge in [0.05, 0.1) is 5.69 Å². The molecule has 12 rings (SSSR count). The van der Waals surface area contributed by atoms with Crippen molar-refractivity contribution in [3.63, 3.8) is 0 Å². The van der Waals surface area contributed by atoms with E-state index in [0.717, 1.165) is 112 Å². The van der Waals surface area contributed by atoms with Gasteiger partial charge in [-0.3, -0.25) is 53.7 Å². The van der Waals surface area contributed by atoms with Gasteiger partial charge in [-0.2, -0.15) is 0 Å². The van der Waals surface area contributed by atoms with Crippen molar-refractivity contribution >= 4 is 52.1 Å². The molecule has 0 saturated carbocycles. The maximum absolute atomic E-state index is 12.4. The number of hydrogen-bond acceptors (Lipinski definition) is 13. The van der Waals surface area contributed by atoms with Crippen molar-refractivity contribution in [2.75, 3.05) is 34.3 Å².